The summed E-state index contributed by atoms with van der Waals surface area (Å²) in [5.41, 5.74) is 0. The highest BCUT2D eigenvalue weighted by molar-refractivity contribution is 9.10. The minimum absolute atomic E-state index is 0.502. The van der Waals surface area contributed by atoms with E-state index in [2.05, 4.69) is 41.5 Å². The first-order valence-electron chi connectivity index (χ1n) is 4.57. The van der Waals surface area contributed by atoms with Gasteiger partial charge in [-0.05, 0) is 12.5 Å². The van der Waals surface area contributed by atoms with Crippen molar-refractivity contribution in [1.29, 1.82) is 0 Å². The van der Waals surface area contributed by atoms with Crippen LogP contribution in [-0.4, -0.2) is 23.5 Å². The van der Waals surface area contributed by atoms with E-state index < -0.39 is 18.4 Å². The molecule has 0 aromatic carbocycles. The second-order valence-corrected chi connectivity index (χ2v) is 11.7. The first kappa shape index (κ1) is 13.7. The molecular weight excluding hydrogens is 260 g/mol. The summed E-state index contributed by atoms with van der Waals surface area (Å²) in [6.45, 7) is 6.46. The lowest BCUT2D eigenvalue weighted by molar-refractivity contribution is -0.139. The Hall–Kier alpha value is -0.273. The molecule has 0 aliphatic rings. The molecule has 0 bridgehead atoms. The third-order valence-electron chi connectivity index (χ3n) is 1.86. The van der Waals surface area contributed by atoms with Gasteiger partial charge in [0.1, 0.15) is 4.32 Å². The van der Waals surface area contributed by atoms with Gasteiger partial charge in [-0.2, -0.15) is 0 Å². The lowest BCUT2D eigenvalue weighted by Gasteiger charge is -2.28. The molecule has 0 amide bonds. The summed E-state index contributed by atoms with van der Waals surface area (Å²) in [5, 5.41) is 9.13. The van der Waals surface area contributed by atoms with Gasteiger partial charge in [0.05, 0.1) is 0 Å². The number of aliphatic carboxylic acids is 1. The van der Waals surface area contributed by atoms with Gasteiger partial charge >= 0.3 is 5.97 Å². The zero-order valence-electron chi connectivity index (χ0n) is 8.93. The van der Waals surface area contributed by atoms with Gasteiger partial charge in [0.2, 0.25) is 0 Å². The molecule has 14 heavy (non-hydrogen) atoms. The zero-order chi connectivity index (χ0) is 11.4. The van der Waals surface area contributed by atoms with Gasteiger partial charge in [0, 0.05) is 14.5 Å². The zero-order valence-corrected chi connectivity index (χ0v) is 11.5. The molecule has 1 unspecified atom stereocenters. The number of rotatable bonds is 5. The molecule has 2 nitrogen and oxygen atoms in total. The molecule has 0 aliphatic carbocycles. The highest BCUT2D eigenvalue weighted by Crippen LogP contribution is 2.34. The predicted molar refractivity (Wildman–Crippen MR) is 65.5 cm³/mol. The Morgan fingerprint density at radius 1 is 1.57 bits per heavy atom. The van der Waals surface area contributed by atoms with Crippen molar-refractivity contribution in [3.05, 3.63) is 0 Å². The number of hydrogen-bond acceptors (Lipinski definition) is 1. The number of hydrogen-bond donors (Lipinski definition) is 1. The molecule has 0 radical (unpaired) electrons. The smallest absolute Gasteiger partial charge is 0.320 e. The molecule has 0 aliphatic heterocycles. The summed E-state index contributed by atoms with van der Waals surface area (Å²) in [6.07, 6.45) is 6.15. The van der Waals surface area contributed by atoms with Gasteiger partial charge in [-0.1, -0.05) is 35.6 Å². The number of alkyl halides is 1. The lowest BCUT2D eigenvalue weighted by Crippen LogP contribution is -2.39. The van der Waals surface area contributed by atoms with E-state index in [1.807, 2.05) is 0 Å². The fourth-order valence-electron chi connectivity index (χ4n) is 1.38. The number of halogens is 1. The number of carboxylic acids is 1. The van der Waals surface area contributed by atoms with Crippen LogP contribution in [0.25, 0.3) is 0 Å². The molecule has 0 spiro atoms. The summed E-state index contributed by atoms with van der Waals surface area (Å²) < 4.78 is -0.816. The SMILES string of the molecule is C#CCCC(Br)(C[Si](C)(C)C)C(=O)O. The number of terminal acetylenes is 1. The number of carbonyl (C=O) groups is 1. The van der Waals surface area contributed by atoms with E-state index >= 15 is 0 Å². The largest absolute Gasteiger partial charge is 0.480 e. The third-order valence-corrected chi connectivity index (χ3v) is 5.06. The third kappa shape index (κ3) is 4.82. The Bertz CT molecular complexity index is 252. The summed E-state index contributed by atoms with van der Waals surface area (Å²) in [6, 6.07) is 0.705. The van der Waals surface area contributed by atoms with E-state index in [0.29, 0.717) is 18.9 Å². The minimum atomic E-state index is -1.40. The van der Waals surface area contributed by atoms with Crippen molar-refractivity contribution in [2.24, 2.45) is 0 Å². The van der Waals surface area contributed by atoms with Crippen molar-refractivity contribution in [2.45, 2.75) is 42.9 Å². The Morgan fingerprint density at radius 3 is 2.36 bits per heavy atom. The molecule has 1 atom stereocenters. The minimum Gasteiger partial charge on any atom is -0.480 e. The standard InChI is InChI=1S/C10H17BrO2Si/c1-5-6-7-10(11,9(12)13)8-14(2,3)4/h1H,6-8H2,2-4H3,(H,12,13). The fourth-order valence-corrected chi connectivity index (χ4v) is 6.11. The van der Waals surface area contributed by atoms with Gasteiger partial charge < -0.3 is 5.11 Å². The molecule has 0 heterocycles. The van der Waals surface area contributed by atoms with Crippen molar-refractivity contribution in [1.82, 2.24) is 0 Å². The topological polar surface area (TPSA) is 37.3 Å². The van der Waals surface area contributed by atoms with Crippen molar-refractivity contribution in [2.75, 3.05) is 0 Å². The van der Waals surface area contributed by atoms with E-state index in [-0.39, 0.29) is 0 Å². The van der Waals surface area contributed by atoms with Crippen molar-refractivity contribution in [3.8, 4) is 12.3 Å². The first-order chi connectivity index (χ1) is 6.21. The summed E-state index contributed by atoms with van der Waals surface area (Å²) in [5.74, 6) is 1.69. The van der Waals surface area contributed by atoms with Gasteiger partial charge in [-0.15, -0.1) is 12.3 Å². The second-order valence-electron chi connectivity index (χ2n) is 4.71. The normalized spacial score (nSPS) is 15.6. The summed E-state index contributed by atoms with van der Waals surface area (Å²) >= 11 is 3.33. The van der Waals surface area contributed by atoms with E-state index in [4.69, 9.17) is 11.5 Å². The maximum absolute atomic E-state index is 11.1. The fraction of sp³-hybridized carbons (Fsp3) is 0.700. The maximum atomic E-state index is 11.1. The van der Waals surface area contributed by atoms with Crippen LogP contribution in [0.2, 0.25) is 25.7 Å². The van der Waals surface area contributed by atoms with E-state index in [0.717, 1.165) is 0 Å². The van der Waals surface area contributed by atoms with Crippen LogP contribution in [0.3, 0.4) is 0 Å². The first-order valence-corrected chi connectivity index (χ1v) is 9.07. The molecule has 1 N–H and O–H groups in total. The molecule has 0 rings (SSSR count). The molecular formula is C10H17BrO2Si. The van der Waals surface area contributed by atoms with Crippen LogP contribution in [0.1, 0.15) is 12.8 Å². The maximum Gasteiger partial charge on any atom is 0.320 e. The monoisotopic (exact) mass is 276 g/mol. The Kier molecular flexibility index (Phi) is 4.89. The Labute approximate surface area is 95.2 Å². The van der Waals surface area contributed by atoms with E-state index in [9.17, 15) is 4.79 Å². The second kappa shape index (κ2) is 4.99. The van der Waals surface area contributed by atoms with Crippen LogP contribution in [-0.2, 0) is 4.79 Å². The average Bonchev–Trinajstić information content (AvgIpc) is 1.97. The summed E-state index contributed by atoms with van der Waals surface area (Å²) in [7, 11) is -1.40. The highest BCUT2D eigenvalue weighted by Gasteiger charge is 2.39. The van der Waals surface area contributed by atoms with Crippen LogP contribution in [0.15, 0.2) is 0 Å². The van der Waals surface area contributed by atoms with Crippen molar-refractivity contribution in [3.63, 3.8) is 0 Å². The molecule has 4 heteroatoms. The molecule has 0 saturated carbocycles. The quantitative estimate of drug-likeness (QED) is 0.476. The molecule has 0 aromatic rings. The van der Waals surface area contributed by atoms with Gasteiger partial charge in [-0.25, -0.2) is 0 Å². The van der Waals surface area contributed by atoms with Crippen molar-refractivity contribution >= 4 is 30.0 Å². The van der Waals surface area contributed by atoms with Crippen LogP contribution in [0.5, 0.6) is 0 Å². The van der Waals surface area contributed by atoms with Crippen LogP contribution in [0, 0.1) is 12.3 Å². The lowest BCUT2D eigenvalue weighted by atomic mass is 10.1. The van der Waals surface area contributed by atoms with E-state index in [1.54, 1.807) is 0 Å². The molecule has 0 fully saturated rings. The Morgan fingerprint density at radius 2 is 2.07 bits per heavy atom. The van der Waals surface area contributed by atoms with Gasteiger partial charge in [0.25, 0.3) is 0 Å². The van der Waals surface area contributed by atoms with Crippen LogP contribution < -0.4 is 0 Å². The van der Waals surface area contributed by atoms with Crippen molar-refractivity contribution < 1.29 is 9.90 Å². The Balaban J connectivity index is 4.58. The highest BCUT2D eigenvalue weighted by atomic mass is 79.9. The summed E-state index contributed by atoms with van der Waals surface area (Å²) in [4.78, 5) is 11.1. The molecule has 80 valence electrons. The van der Waals surface area contributed by atoms with Crippen LogP contribution in [0.4, 0.5) is 0 Å². The van der Waals surface area contributed by atoms with Gasteiger partial charge in [-0.3, -0.25) is 4.79 Å². The average molecular weight is 277 g/mol. The van der Waals surface area contributed by atoms with E-state index in [1.165, 1.54) is 0 Å². The van der Waals surface area contributed by atoms with Crippen LogP contribution >= 0.6 is 15.9 Å². The number of carboxylic acid groups (broad SMARTS) is 1. The molecule has 0 aromatic heterocycles. The predicted octanol–water partition coefficient (Wildman–Crippen LogP) is 2.96. The van der Waals surface area contributed by atoms with Gasteiger partial charge in [0.15, 0.2) is 0 Å². The molecule has 0 saturated heterocycles.